The van der Waals surface area contributed by atoms with Crippen LogP contribution in [0.25, 0.3) is 0 Å². The molecule has 132 valence electrons. The molecule has 0 aliphatic heterocycles. The van der Waals surface area contributed by atoms with Gasteiger partial charge in [0.15, 0.2) is 0 Å². The van der Waals surface area contributed by atoms with Crippen LogP contribution in [-0.2, 0) is 10.0 Å². The molecule has 0 heterocycles. The molecular formula is C18H26N2O3S. The lowest BCUT2D eigenvalue weighted by molar-refractivity contribution is 0.0891. The third-order valence-corrected chi connectivity index (χ3v) is 6.27. The van der Waals surface area contributed by atoms with E-state index in [0.29, 0.717) is 17.4 Å². The Labute approximate surface area is 144 Å². The zero-order chi connectivity index (χ0) is 17.7. The number of carbonyl (C=O) groups excluding carboxylic acids is 1. The number of nitrogens with one attached hydrogen (secondary N) is 2. The average Bonchev–Trinajstić information content (AvgIpc) is 2.57. The predicted octanol–water partition coefficient (Wildman–Crippen LogP) is 2.71. The van der Waals surface area contributed by atoms with E-state index in [2.05, 4.69) is 30.5 Å². The summed E-state index contributed by atoms with van der Waals surface area (Å²) in [4.78, 5) is 12.6. The van der Waals surface area contributed by atoms with Gasteiger partial charge in [0.1, 0.15) is 0 Å². The molecule has 0 radical (unpaired) electrons. The van der Waals surface area contributed by atoms with E-state index in [-0.39, 0.29) is 23.4 Å². The van der Waals surface area contributed by atoms with Crippen LogP contribution in [0.15, 0.2) is 41.8 Å². The van der Waals surface area contributed by atoms with Crippen molar-refractivity contribution < 1.29 is 13.2 Å². The first kappa shape index (κ1) is 18.7. The minimum atomic E-state index is -3.63. The molecule has 3 unspecified atom stereocenters. The maximum Gasteiger partial charge on any atom is 0.251 e. The van der Waals surface area contributed by atoms with Gasteiger partial charge in [-0.15, -0.1) is 6.58 Å². The molecule has 2 N–H and O–H groups in total. The molecule has 0 saturated heterocycles. The predicted molar refractivity (Wildman–Crippen MR) is 95.3 cm³/mol. The Balaban J connectivity index is 2.13. The molecule has 1 fully saturated rings. The Morgan fingerprint density at radius 3 is 2.79 bits per heavy atom. The Morgan fingerprint density at radius 1 is 1.33 bits per heavy atom. The molecule has 1 saturated carbocycles. The molecule has 3 atom stereocenters. The second kappa shape index (κ2) is 7.94. The highest BCUT2D eigenvalue weighted by atomic mass is 32.2. The van der Waals surface area contributed by atoms with Gasteiger partial charge in [0.2, 0.25) is 10.0 Å². The van der Waals surface area contributed by atoms with Crippen molar-refractivity contribution in [2.45, 2.75) is 44.0 Å². The van der Waals surface area contributed by atoms with Crippen LogP contribution in [0.4, 0.5) is 0 Å². The van der Waals surface area contributed by atoms with Gasteiger partial charge in [0.25, 0.3) is 5.91 Å². The van der Waals surface area contributed by atoms with Gasteiger partial charge in [0.05, 0.1) is 4.90 Å². The molecule has 2 rings (SSSR count). The van der Waals surface area contributed by atoms with Crippen molar-refractivity contribution in [2.75, 3.05) is 6.54 Å². The average molecular weight is 350 g/mol. The molecule has 1 aliphatic rings. The van der Waals surface area contributed by atoms with Gasteiger partial charge in [-0.05, 0) is 36.5 Å². The van der Waals surface area contributed by atoms with E-state index >= 15 is 0 Å². The van der Waals surface area contributed by atoms with E-state index in [4.69, 9.17) is 0 Å². The van der Waals surface area contributed by atoms with Crippen LogP contribution in [-0.4, -0.2) is 26.9 Å². The summed E-state index contributed by atoms with van der Waals surface area (Å²) in [6, 6.07) is 6.26. The van der Waals surface area contributed by atoms with Gasteiger partial charge in [-0.25, -0.2) is 13.1 Å². The quantitative estimate of drug-likeness (QED) is 0.775. The number of rotatable bonds is 6. The lowest BCUT2D eigenvalue weighted by atomic mass is 9.78. The summed E-state index contributed by atoms with van der Waals surface area (Å²) in [7, 11) is -3.63. The minimum absolute atomic E-state index is 0.0852. The van der Waals surface area contributed by atoms with Crippen LogP contribution < -0.4 is 10.0 Å². The van der Waals surface area contributed by atoms with E-state index in [1.54, 1.807) is 12.1 Å². The number of carbonyl (C=O) groups is 1. The summed E-state index contributed by atoms with van der Waals surface area (Å²) in [5.74, 6) is 0.782. The maximum absolute atomic E-state index is 12.5. The number of amides is 1. The van der Waals surface area contributed by atoms with Crippen molar-refractivity contribution >= 4 is 15.9 Å². The summed E-state index contributed by atoms with van der Waals surface area (Å²) in [5.41, 5.74) is 0.363. The standard InChI is InChI=1S/C18H26N2O3S/c1-4-11-19-24(22,23)16-9-6-8-15(12-16)18(21)20-17-10-5-7-13(2)14(17)3/h4,6,8-9,12-14,17,19H,1,5,7,10-11H2,2-3H3,(H,20,21). The fourth-order valence-electron chi connectivity index (χ4n) is 3.09. The highest BCUT2D eigenvalue weighted by molar-refractivity contribution is 7.89. The second-order valence-corrected chi connectivity index (χ2v) is 8.28. The third-order valence-electron chi connectivity index (χ3n) is 4.85. The number of hydrogen-bond acceptors (Lipinski definition) is 3. The first-order valence-electron chi connectivity index (χ1n) is 8.36. The first-order valence-corrected chi connectivity index (χ1v) is 9.85. The normalized spacial score (nSPS) is 24.3. The second-order valence-electron chi connectivity index (χ2n) is 6.52. The Kier molecular flexibility index (Phi) is 6.18. The fourth-order valence-corrected chi connectivity index (χ4v) is 4.14. The summed E-state index contributed by atoms with van der Waals surface area (Å²) in [6.45, 7) is 8.01. The molecule has 0 bridgehead atoms. The lowest BCUT2D eigenvalue weighted by Crippen LogP contribution is -2.43. The number of hydrogen-bond donors (Lipinski definition) is 2. The van der Waals surface area contributed by atoms with Crippen LogP contribution >= 0.6 is 0 Å². The van der Waals surface area contributed by atoms with Crippen molar-refractivity contribution in [3.05, 3.63) is 42.5 Å². The molecule has 0 aromatic heterocycles. The molecule has 6 heteroatoms. The van der Waals surface area contributed by atoms with Crippen molar-refractivity contribution in [2.24, 2.45) is 11.8 Å². The third kappa shape index (κ3) is 4.45. The monoisotopic (exact) mass is 350 g/mol. The zero-order valence-electron chi connectivity index (χ0n) is 14.3. The topological polar surface area (TPSA) is 75.3 Å². The van der Waals surface area contributed by atoms with Crippen molar-refractivity contribution in [1.82, 2.24) is 10.0 Å². The largest absolute Gasteiger partial charge is 0.349 e. The van der Waals surface area contributed by atoms with Crippen molar-refractivity contribution in [3.63, 3.8) is 0 Å². The molecule has 0 spiro atoms. The molecular weight excluding hydrogens is 324 g/mol. The van der Waals surface area contributed by atoms with E-state index in [1.807, 2.05) is 0 Å². The SMILES string of the molecule is C=CCNS(=O)(=O)c1cccc(C(=O)NC2CCCC(C)C2C)c1. The van der Waals surface area contributed by atoms with Gasteiger partial charge < -0.3 is 5.32 Å². The molecule has 1 aromatic carbocycles. The van der Waals surface area contributed by atoms with Gasteiger partial charge in [-0.3, -0.25) is 4.79 Å². The number of benzene rings is 1. The van der Waals surface area contributed by atoms with Crippen LogP contribution in [0.5, 0.6) is 0 Å². The van der Waals surface area contributed by atoms with Crippen LogP contribution in [0.3, 0.4) is 0 Å². The molecule has 1 amide bonds. The maximum atomic E-state index is 12.5. The fraction of sp³-hybridized carbons (Fsp3) is 0.500. The Hall–Kier alpha value is -1.66. The first-order chi connectivity index (χ1) is 11.3. The minimum Gasteiger partial charge on any atom is -0.349 e. The lowest BCUT2D eigenvalue weighted by Gasteiger charge is -2.34. The Bertz CT molecular complexity index is 700. The highest BCUT2D eigenvalue weighted by Crippen LogP contribution is 2.29. The zero-order valence-corrected chi connectivity index (χ0v) is 15.1. The summed E-state index contributed by atoms with van der Waals surface area (Å²) in [5, 5.41) is 3.07. The van der Waals surface area contributed by atoms with Crippen LogP contribution in [0.2, 0.25) is 0 Å². The summed E-state index contributed by atoms with van der Waals surface area (Å²) >= 11 is 0. The molecule has 5 nitrogen and oxygen atoms in total. The summed E-state index contributed by atoms with van der Waals surface area (Å²) in [6.07, 6.45) is 4.74. The summed E-state index contributed by atoms with van der Waals surface area (Å²) < 4.78 is 26.7. The van der Waals surface area contributed by atoms with E-state index in [9.17, 15) is 13.2 Å². The van der Waals surface area contributed by atoms with Crippen LogP contribution in [0, 0.1) is 11.8 Å². The highest BCUT2D eigenvalue weighted by Gasteiger charge is 2.28. The van der Waals surface area contributed by atoms with E-state index < -0.39 is 10.0 Å². The smallest absolute Gasteiger partial charge is 0.251 e. The Morgan fingerprint density at radius 2 is 2.08 bits per heavy atom. The van der Waals surface area contributed by atoms with Gasteiger partial charge in [-0.1, -0.05) is 38.8 Å². The van der Waals surface area contributed by atoms with Crippen molar-refractivity contribution in [3.8, 4) is 0 Å². The van der Waals surface area contributed by atoms with E-state index in [0.717, 1.165) is 12.8 Å². The number of sulfonamides is 1. The van der Waals surface area contributed by atoms with Crippen LogP contribution in [0.1, 0.15) is 43.5 Å². The van der Waals surface area contributed by atoms with Gasteiger partial charge in [-0.2, -0.15) is 0 Å². The molecule has 1 aromatic rings. The van der Waals surface area contributed by atoms with Crippen molar-refractivity contribution in [1.29, 1.82) is 0 Å². The van der Waals surface area contributed by atoms with Gasteiger partial charge in [0, 0.05) is 18.2 Å². The van der Waals surface area contributed by atoms with E-state index in [1.165, 1.54) is 24.6 Å². The van der Waals surface area contributed by atoms with Gasteiger partial charge >= 0.3 is 0 Å². The molecule has 24 heavy (non-hydrogen) atoms. The molecule has 1 aliphatic carbocycles.